The van der Waals surface area contributed by atoms with E-state index in [1.165, 1.54) is 32.1 Å². The van der Waals surface area contributed by atoms with E-state index in [4.69, 9.17) is 5.73 Å². The third-order valence-corrected chi connectivity index (χ3v) is 5.59. The molecule has 0 aliphatic heterocycles. The van der Waals surface area contributed by atoms with Crippen LogP contribution in [0, 0.1) is 11.8 Å². The zero-order valence-corrected chi connectivity index (χ0v) is 13.8. The van der Waals surface area contributed by atoms with E-state index in [9.17, 15) is 4.79 Å². The summed E-state index contributed by atoms with van der Waals surface area (Å²) in [5, 5.41) is 3.13. The van der Waals surface area contributed by atoms with E-state index in [0.29, 0.717) is 12.0 Å². The Morgan fingerprint density at radius 3 is 2.62 bits per heavy atom. The highest BCUT2D eigenvalue weighted by atomic mass is 16.1. The normalized spacial score (nSPS) is 28.8. The molecule has 0 radical (unpaired) electrons. The molecule has 4 heteroatoms. The van der Waals surface area contributed by atoms with Gasteiger partial charge in [-0.15, -0.1) is 0 Å². The van der Waals surface area contributed by atoms with E-state index in [0.717, 1.165) is 38.4 Å². The molecule has 0 spiro atoms. The summed E-state index contributed by atoms with van der Waals surface area (Å²) in [5.74, 6) is 0.795. The van der Waals surface area contributed by atoms with Gasteiger partial charge in [-0.25, -0.2) is 0 Å². The fourth-order valence-electron chi connectivity index (χ4n) is 3.98. The molecule has 0 heterocycles. The molecule has 3 atom stereocenters. The largest absolute Gasteiger partial charge is 0.355 e. The van der Waals surface area contributed by atoms with Crippen LogP contribution in [0.15, 0.2) is 0 Å². The van der Waals surface area contributed by atoms with Crippen molar-refractivity contribution < 1.29 is 4.79 Å². The molecule has 0 aromatic carbocycles. The molecule has 122 valence electrons. The van der Waals surface area contributed by atoms with Crippen molar-refractivity contribution in [2.75, 3.05) is 20.1 Å². The number of rotatable bonds is 6. The number of nitrogens with zero attached hydrogens (tertiary/aromatic N) is 1. The number of carbonyl (C=O) groups excluding carboxylic acids is 1. The van der Waals surface area contributed by atoms with Gasteiger partial charge in [0.2, 0.25) is 5.91 Å². The van der Waals surface area contributed by atoms with Crippen molar-refractivity contribution in [2.45, 2.75) is 70.4 Å². The maximum absolute atomic E-state index is 12.3. The lowest BCUT2D eigenvalue weighted by Gasteiger charge is -2.31. The van der Waals surface area contributed by atoms with Gasteiger partial charge in [0.1, 0.15) is 0 Å². The van der Waals surface area contributed by atoms with E-state index in [1.54, 1.807) is 0 Å². The summed E-state index contributed by atoms with van der Waals surface area (Å²) >= 11 is 0. The van der Waals surface area contributed by atoms with E-state index in [1.807, 2.05) is 0 Å². The van der Waals surface area contributed by atoms with Gasteiger partial charge in [-0.2, -0.15) is 0 Å². The van der Waals surface area contributed by atoms with Gasteiger partial charge >= 0.3 is 0 Å². The number of likely N-dealkylation sites (N-methyl/N-ethyl adjacent to an activating group) is 1. The SMILES string of the molecule is CC(C(=O)NCCN(C)C1CCCC1)C1CCCC(N)C1. The molecule has 0 bridgehead atoms. The first-order chi connectivity index (χ1) is 10.1. The average Bonchev–Trinajstić information content (AvgIpc) is 3.00. The van der Waals surface area contributed by atoms with Crippen LogP contribution in [0.3, 0.4) is 0 Å². The van der Waals surface area contributed by atoms with Gasteiger partial charge < -0.3 is 16.0 Å². The Labute approximate surface area is 129 Å². The maximum Gasteiger partial charge on any atom is 0.223 e. The summed E-state index contributed by atoms with van der Waals surface area (Å²) in [4.78, 5) is 14.7. The van der Waals surface area contributed by atoms with Gasteiger partial charge in [0.05, 0.1) is 0 Å². The van der Waals surface area contributed by atoms with E-state index in [-0.39, 0.29) is 11.8 Å². The number of hydrogen-bond acceptors (Lipinski definition) is 3. The van der Waals surface area contributed by atoms with Crippen molar-refractivity contribution in [2.24, 2.45) is 17.6 Å². The van der Waals surface area contributed by atoms with Crippen LogP contribution in [0.25, 0.3) is 0 Å². The standard InChI is InChI=1S/C17H33N3O/c1-13(14-6-5-7-15(18)12-14)17(21)19-10-11-20(2)16-8-3-4-9-16/h13-16H,3-12,18H2,1-2H3,(H,19,21). The molecule has 3 unspecified atom stereocenters. The Bertz CT molecular complexity index is 328. The lowest BCUT2D eigenvalue weighted by atomic mass is 9.78. The predicted molar refractivity (Wildman–Crippen MR) is 87.0 cm³/mol. The summed E-state index contributed by atoms with van der Waals surface area (Å²) in [5.41, 5.74) is 6.03. The first kappa shape index (κ1) is 16.8. The Morgan fingerprint density at radius 2 is 1.95 bits per heavy atom. The second-order valence-corrected chi connectivity index (χ2v) is 7.19. The highest BCUT2D eigenvalue weighted by molar-refractivity contribution is 5.78. The molecular formula is C17H33N3O. The molecule has 2 fully saturated rings. The van der Waals surface area contributed by atoms with Gasteiger partial charge in [0.25, 0.3) is 0 Å². The lowest BCUT2D eigenvalue weighted by Crippen LogP contribution is -2.41. The second kappa shape index (κ2) is 8.14. The number of nitrogens with one attached hydrogen (secondary N) is 1. The van der Waals surface area contributed by atoms with Crippen LogP contribution in [0.5, 0.6) is 0 Å². The smallest absolute Gasteiger partial charge is 0.223 e. The minimum absolute atomic E-state index is 0.105. The first-order valence-corrected chi connectivity index (χ1v) is 8.81. The van der Waals surface area contributed by atoms with Gasteiger partial charge in [0.15, 0.2) is 0 Å². The van der Waals surface area contributed by atoms with Crippen molar-refractivity contribution in [3.63, 3.8) is 0 Å². The Balaban J connectivity index is 1.66. The molecular weight excluding hydrogens is 262 g/mol. The summed E-state index contributed by atoms with van der Waals surface area (Å²) < 4.78 is 0. The average molecular weight is 295 g/mol. The monoisotopic (exact) mass is 295 g/mol. The van der Waals surface area contributed by atoms with Crippen LogP contribution in [-0.4, -0.2) is 43.0 Å². The molecule has 2 aliphatic rings. The summed E-state index contributed by atoms with van der Waals surface area (Å²) in [6, 6.07) is 1.03. The summed E-state index contributed by atoms with van der Waals surface area (Å²) in [6.07, 6.45) is 9.83. The molecule has 2 rings (SSSR count). The molecule has 0 saturated heterocycles. The number of nitrogens with two attached hydrogens (primary N) is 1. The van der Waals surface area contributed by atoms with Gasteiger partial charge in [0, 0.05) is 31.1 Å². The number of amides is 1. The zero-order valence-electron chi connectivity index (χ0n) is 13.8. The van der Waals surface area contributed by atoms with Crippen molar-refractivity contribution in [3.05, 3.63) is 0 Å². The molecule has 4 nitrogen and oxygen atoms in total. The van der Waals surface area contributed by atoms with Crippen molar-refractivity contribution in [1.29, 1.82) is 0 Å². The van der Waals surface area contributed by atoms with Crippen molar-refractivity contribution in [3.8, 4) is 0 Å². The highest BCUT2D eigenvalue weighted by Gasteiger charge is 2.28. The predicted octanol–water partition coefficient (Wildman–Crippen LogP) is 2.13. The fraction of sp³-hybridized carbons (Fsp3) is 0.941. The van der Waals surface area contributed by atoms with E-state index in [2.05, 4.69) is 24.2 Å². The molecule has 21 heavy (non-hydrogen) atoms. The quantitative estimate of drug-likeness (QED) is 0.789. The zero-order chi connectivity index (χ0) is 15.2. The summed E-state index contributed by atoms with van der Waals surface area (Å²) in [7, 11) is 2.19. The van der Waals surface area contributed by atoms with Crippen LogP contribution < -0.4 is 11.1 Å². The Hall–Kier alpha value is -0.610. The molecule has 0 aromatic heterocycles. The number of carbonyl (C=O) groups is 1. The highest BCUT2D eigenvalue weighted by Crippen LogP contribution is 2.29. The second-order valence-electron chi connectivity index (χ2n) is 7.19. The molecule has 2 saturated carbocycles. The van der Waals surface area contributed by atoms with Crippen LogP contribution in [0.2, 0.25) is 0 Å². The molecule has 2 aliphatic carbocycles. The lowest BCUT2D eigenvalue weighted by molar-refractivity contribution is -0.126. The molecule has 1 amide bonds. The van der Waals surface area contributed by atoms with Crippen molar-refractivity contribution >= 4 is 5.91 Å². The van der Waals surface area contributed by atoms with Crippen LogP contribution in [0.4, 0.5) is 0 Å². The minimum Gasteiger partial charge on any atom is -0.355 e. The van der Waals surface area contributed by atoms with Crippen molar-refractivity contribution in [1.82, 2.24) is 10.2 Å². The third kappa shape index (κ3) is 4.96. The topological polar surface area (TPSA) is 58.4 Å². The third-order valence-electron chi connectivity index (χ3n) is 5.59. The van der Waals surface area contributed by atoms with Crippen LogP contribution in [-0.2, 0) is 4.79 Å². The fourth-order valence-corrected chi connectivity index (χ4v) is 3.98. The Morgan fingerprint density at radius 1 is 1.24 bits per heavy atom. The van der Waals surface area contributed by atoms with Crippen LogP contribution >= 0.6 is 0 Å². The molecule has 3 N–H and O–H groups in total. The van der Waals surface area contributed by atoms with Gasteiger partial charge in [-0.1, -0.05) is 26.2 Å². The Kier molecular flexibility index (Phi) is 6.49. The van der Waals surface area contributed by atoms with Crippen LogP contribution in [0.1, 0.15) is 58.3 Å². The maximum atomic E-state index is 12.3. The van der Waals surface area contributed by atoms with E-state index >= 15 is 0 Å². The van der Waals surface area contributed by atoms with Gasteiger partial charge in [-0.3, -0.25) is 4.79 Å². The minimum atomic E-state index is 0.105. The summed E-state index contributed by atoms with van der Waals surface area (Å²) in [6.45, 7) is 3.81. The molecule has 0 aromatic rings. The number of hydrogen-bond donors (Lipinski definition) is 2. The van der Waals surface area contributed by atoms with E-state index < -0.39 is 0 Å². The van der Waals surface area contributed by atoms with Gasteiger partial charge in [-0.05, 0) is 45.1 Å². The first-order valence-electron chi connectivity index (χ1n) is 8.81.